The summed E-state index contributed by atoms with van der Waals surface area (Å²) in [6.45, 7) is 4.14. The van der Waals surface area contributed by atoms with Crippen LogP contribution in [0.5, 0.6) is 5.75 Å². The molecule has 3 aromatic rings. The van der Waals surface area contributed by atoms with Crippen molar-refractivity contribution in [1.29, 1.82) is 0 Å². The van der Waals surface area contributed by atoms with E-state index in [4.69, 9.17) is 4.74 Å². The third kappa shape index (κ3) is 3.33. The molecule has 3 heterocycles. The Bertz CT molecular complexity index is 951. The first-order valence-electron chi connectivity index (χ1n) is 9.53. The fourth-order valence-corrected chi connectivity index (χ4v) is 3.88. The highest BCUT2D eigenvalue weighted by Crippen LogP contribution is 2.25. The number of ether oxygens (including phenoxy) is 1. The monoisotopic (exact) mass is 354 g/mol. The maximum Gasteiger partial charge on any atom is 0.277 e. The van der Waals surface area contributed by atoms with Gasteiger partial charge in [-0.15, -0.1) is 0 Å². The van der Waals surface area contributed by atoms with Gasteiger partial charge in [0.2, 0.25) is 0 Å². The van der Waals surface area contributed by atoms with Gasteiger partial charge in [-0.25, -0.2) is 4.98 Å². The largest absolute Gasteiger partial charge is 0.497 e. The molecule has 26 heavy (non-hydrogen) atoms. The van der Waals surface area contributed by atoms with E-state index in [0.717, 1.165) is 35.1 Å². The van der Waals surface area contributed by atoms with E-state index in [-0.39, 0.29) is 5.56 Å². The van der Waals surface area contributed by atoms with E-state index in [9.17, 15) is 4.79 Å². The lowest BCUT2D eigenvalue weighted by atomic mass is 10.2. The molecule has 0 bridgehead atoms. The number of hydrogen-bond acceptors (Lipinski definition) is 4. The van der Waals surface area contributed by atoms with Crippen molar-refractivity contribution in [3.63, 3.8) is 0 Å². The summed E-state index contributed by atoms with van der Waals surface area (Å²) in [7, 11) is 1.64. The van der Waals surface area contributed by atoms with Crippen LogP contribution in [0.4, 0.5) is 0 Å². The molecule has 1 saturated heterocycles. The van der Waals surface area contributed by atoms with E-state index < -0.39 is 0 Å². The lowest BCUT2D eigenvalue weighted by Crippen LogP contribution is -2.28. The molecule has 0 spiro atoms. The number of rotatable bonds is 5. The van der Waals surface area contributed by atoms with Crippen molar-refractivity contribution in [2.75, 3.05) is 26.7 Å². The molecule has 0 amide bonds. The van der Waals surface area contributed by atoms with Crippen LogP contribution in [0, 0.1) is 0 Å². The third-order valence-corrected chi connectivity index (χ3v) is 5.35. The first-order valence-corrected chi connectivity index (χ1v) is 9.53. The van der Waals surface area contributed by atoms with Gasteiger partial charge in [-0.2, -0.15) is 0 Å². The Kier molecular flexibility index (Phi) is 4.93. The van der Waals surface area contributed by atoms with Crippen LogP contribution in [0.2, 0.25) is 0 Å². The number of nitrogens with one attached hydrogen (secondary N) is 1. The van der Waals surface area contributed by atoms with Crippen LogP contribution in [-0.2, 0) is 6.54 Å². The second-order valence-corrected chi connectivity index (χ2v) is 7.11. The molecule has 138 valence electrons. The molecule has 0 radical (unpaired) electrons. The number of hydrogen-bond donors (Lipinski definition) is 1. The molecule has 6 heteroatoms. The van der Waals surface area contributed by atoms with Crippen molar-refractivity contribution < 1.29 is 4.74 Å². The number of H-pyrrole nitrogens is 1. The highest BCUT2D eigenvalue weighted by atomic mass is 16.5. The number of methoxy groups -OCH3 is 1. The molecule has 2 aromatic heterocycles. The molecule has 1 aliphatic heterocycles. The van der Waals surface area contributed by atoms with E-state index >= 15 is 0 Å². The Morgan fingerprint density at radius 3 is 2.73 bits per heavy atom. The van der Waals surface area contributed by atoms with Crippen LogP contribution in [0.1, 0.15) is 32.1 Å². The first-order chi connectivity index (χ1) is 12.8. The molecule has 1 aliphatic rings. The maximum absolute atomic E-state index is 12.8. The Morgan fingerprint density at radius 1 is 1.15 bits per heavy atom. The summed E-state index contributed by atoms with van der Waals surface area (Å²) in [5.41, 5.74) is 2.19. The van der Waals surface area contributed by atoms with E-state index in [0.29, 0.717) is 12.1 Å². The van der Waals surface area contributed by atoms with Crippen LogP contribution in [-0.4, -0.2) is 46.2 Å². The highest BCUT2D eigenvalue weighted by molar-refractivity contribution is 6.04. The summed E-state index contributed by atoms with van der Waals surface area (Å²) < 4.78 is 6.99. The van der Waals surface area contributed by atoms with E-state index in [2.05, 4.69) is 14.9 Å². The summed E-state index contributed by atoms with van der Waals surface area (Å²) in [6, 6.07) is 5.74. The Labute approximate surface area is 152 Å². The van der Waals surface area contributed by atoms with E-state index in [1.165, 1.54) is 38.8 Å². The molecule has 6 nitrogen and oxygen atoms in total. The predicted octanol–water partition coefficient (Wildman–Crippen LogP) is 3.15. The van der Waals surface area contributed by atoms with Crippen molar-refractivity contribution in [2.45, 2.75) is 38.6 Å². The van der Waals surface area contributed by atoms with Gasteiger partial charge in [0.05, 0.1) is 19.0 Å². The second kappa shape index (κ2) is 7.50. The standard InChI is InChI=1S/C20H26N4O2/c1-26-15-7-8-16-17(13-15)22-19-18(16)21-14-24(20(19)25)12-6-11-23-9-4-2-3-5-10-23/h7-8,13-14,22H,2-6,9-12H2,1H3. The lowest BCUT2D eigenvalue weighted by molar-refractivity contribution is 0.275. The van der Waals surface area contributed by atoms with Crippen molar-refractivity contribution in [2.24, 2.45) is 0 Å². The third-order valence-electron chi connectivity index (χ3n) is 5.35. The summed E-state index contributed by atoms with van der Waals surface area (Å²) in [4.78, 5) is 23.1. The number of likely N-dealkylation sites (tertiary alicyclic amines) is 1. The lowest BCUT2D eigenvalue weighted by Gasteiger charge is -2.19. The summed E-state index contributed by atoms with van der Waals surface area (Å²) in [5.74, 6) is 0.766. The Balaban J connectivity index is 1.53. The van der Waals surface area contributed by atoms with Gasteiger partial charge in [-0.3, -0.25) is 9.36 Å². The second-order valence-electron chi connectivity index (χ2n) is 7.11. The van der Waals surface area contributed by atoms with Gasteiger partial charge in [0, 0.05) is 18.0 Å². The minimum absolute atomic E-state index is 0.000957. The average molecular weight is 354 g/mol. The Hall–Kier alpha value is -2.34. The quantitative estimate of drug-likeness (QED) is 0.764. The molecule has 1 N–H and O–H groups in total. The van der Waals surface area contributed by atoms with Gasteiger partial charge in [0.25, 0.3) is 5.56 Å². The van der Waals surface area contributed by atoms with Crippen LogP contribution in [0.15, 0.2) is 29.3 Å². The summed E-state index contributed by atoms with van der Waals surface area (Å²) in [5, 5.41) is 0.953. The van der Waals surface area contributed by atoms with Gasteiger partial charge >= 0.3 is 0 Å². The van der Waals surface area contributed by atoms with Crippen LogP contribution in [0.25, 0.3) is 21.9 Å². The van der Waals surface area contributed by atoms with Crippen LogP contribution in [0.3, 0.4) is 0 Å². The van der Waals surface area contributed by atoms with Crippen LogP contribution >= 0.6 is 0 Å². The van der Waals surface area contributed by atoms with E-state index in [1.54, 1.807) is 18.0 Å². The molecule has 1 aromatic carbocycles. The minimum Gasteiger partial charge on any atom is -0.497 e. The molecule has 4 rings (SSSR count). The zero-order valence-electron chi connectivity index (χ0n) is 15.3. The first kappa shape index (κ1) is 17.1. The topological polar surface area (TPSA) is 63.2 Å². The molecule has 0 unspecified atom stereocenters. The number of aryl methyl sites for hydroxylation is 1. The zero-order chi connectivity index (χ0) is 17.9. The molecular formula is C20H26N4O2. The van der Waals surface area contributed by atoms with Crippen LogP contribution < -0.4 is 10.3 Å². The fraction of sp³-hybridized carbons (Fsp3) is 0.500. The average Bonchev–Trinajstić information content (AvgIpc) is 2.84. The normalized spacial score (nSPS) is 16.2. The van der Waals surface area contributed by atoms with Gasteiger partial charge in [-0.05, 0) is 51.0 Å². The number of aromatic nitrogens is 3. The predicted molar refractivity (Wildman–Crippen MR) is 104 cm³/mol. The van der Waals surface area contributed by atoms with Gasteiger partial charge in [0.1, 0.15) is 16.8 Å². The van der Waals surface area contributed by atoms with Crippen molar-refractivity contribution >= 4 is 21.9 Å². The molecular weight excluding hydrogens is 328 g/mol. The van der Waals surface area contributed by atoms with Gasteiger partial charge < -0.3 is 14.6 Å². The maximum atomic E-state index is 12.8. The number of aromatic amines is 1. The van der Waals surface area contributed by atoms with Gasteiger partial charge in [-0.1, -0.05) is 12.8 Å². The fourth-order valence-electron chi connectivity index (χ4n) is 3.88. The molecule has 0 atom stereocenters. The van der Waals surface area contributed by atoms with Crippen molar-refractivity contribution in [3.05, 3.63) is 34.9 Å². The Morgan fingerprint density at radius 2 is 1.96 bits per heavy atom. The smallest absolute Gasteiger partial charge is 0.277 e. The number of fused-ring (bicyclic) bond motifs is 3. The molecule has 0 saturated carbocycles. The number of benzene rings is 1. The SMILES string of the molecule is COc1ccc2c(c1)[nH]c1c(=O)n(CCCN3CCCCCC3)cnc12. The minimum atomic E-state index is 0.000957. The van der Waals surface area contributed by atoms with Crippen molar-refractivity contribution in [3.8, 4) is 5.75 Å². The van der Waals surface area contributed by atoms with Gasteiger partial charge in [0.15, 0.2) is 0 Å². The molecule has 1 fully saturated rings. The van der Waals surface area contributed by atoms with Crippen molar-refractivity contribution in [1.82, 2.24) is 19.4 Å². The summed E-state index contributed by atoms with van der Waals surface area (Å²) >= 11 is 0. The zero-order valence-corrected chi connectivity index (χ0v) is 15.3. The number of nitrogens with zero attached hydrogens (tertiary/aromatic N) is 3. The molecule has 0 aliphatic carbocycles. The summed E-state index contributed by atoms with van der Waals surface area (Å²) in [6.07, 6.45) is 7.95. The highest BCUT2D eigenvalue weighted by Gasteiger charge is 2.12. The van der Waals surface area contributed by atoms with E-state index in [1.807, 2.05) is 18.2 Å².